The molecule has 0 heterocycles. The van der Waals surface area contributed by atoms with Gasteiger partial charge in [0.05, 0.1) is 6.61 Å². The number of hydrogen-bond acceptors (Lipinski definition) is 4. The number of nitrogens with zero attached hydrogens (tertiary/aromatic N) is 1. The highest BCUT2D eigenvalue weighted by molar-refractivity contribution is 5.96. The first-order chi connectivity index (χ1) is 9.08. The third kappa shape index (κ3) is 4.89. The number of rotatable bonds is 7. The highest BCUT2D eigenvalue weighted by Gasteiger charge is 2.12. The number of amidine groups is 1. The van der Waals surface area contributed by atoms with E-state index in [1.165, 1.54) is 0 Å². The van der Waals surface area contributed by atoms with Gasteiger partial charge >= 0.3 is 0 Å². The molecule has 19 heavy (non-hydrogen) atoms. The van der Waals surface area contributed by atoms with Crippen molar-refractivity contribution in [3.05, 3.63) is 35.4 Å². The smallest absolute Gasteiger partial charge is 0.170 e. The molecule has 0 saturated carbocycles. The lowest BCUT2D eigenvalue weighted by molar-refractivity contribution is 0.146. The number of nitrogens with two attached hydrogens (primary N) is 1. The quantitative estimate of drug-likeness (QED) is 0.302. The highest BCUT2D eigenvalue weighted by Crippen LogP contribution is 2.07. The van der Waals surface area contributed by atoms with Crippen LogP contribution in [0.5, 0.6) is 0 Å². The summed E-state index contributed by atoms with van der Waals surface area (Å²) in [6, 6.07) is 7.93. The van der Waals surface area contributed by atoms with E-state index in [1.54, 1.807) is 7.11 Å². The maximum atomic E-state index is 8.59. The van der Waals surface area contributed by atoms with Crippen LogP contribution in [-0.2, 0) is 11.3 Å². The normalized spacial score (nSPS) is 13.8. The second-order valence-electron chi connectivity index (χ2n) is 4.87. The van der Waals surface area contributed by atoms with Crippen molar-refractivity contribution >= 4 is 5.84 Å². The minimum Gasteiger partial charge on any atom is -0.409 e. The Morgan fingerprint density at radius 1 is 1.37 bits per heavy atom. The van der Waals surface area contributed by atoms with E-state index in [-0.39, 0.29) is 5.84 Å². The molecule has 0 saturated heterocycles. The van der Waals surface area contributed by atoms with Crippen LogP contribution in [0.1, 0.15) is 25.0 Å². The van der Waals surface area contributed by atoms with Gasteiger partial charge in [-0.25, -0.2) is 0 Å². The van der Waals surface area contributed by atoms with Crippen LogP contribution in [-0.4, -0.2) is 30.8 Å². The van der Waals surface area contributed by atoms with Crippen molar-refractivity contribution in [1.82, 2.24) is 5.32 Å². The van der Waals surface area contributed by atoms with E-state index < -0.39 is 0 Å². The molecule has 0 bridgehead atoms. The zero-order valence-electron chi connectivity index (χ0n) is 11.8. The van der Waals surface area contributed by atoms with Gasteiger partial charge in [-0.2, -0.15) is 0 Å². The Hall–Kier alpha value is -1.59. The van der Waals surface area contributed by atoms with E-state index in [0.717, 1.165) is 12.1 Å². The SMILES string of the molecule is COCC(NCc1ccc(C(N)=NO)cc1)C(C)C. The van der Waals surface area contributed by atoms with E-state index in [0.29, 0.717) is 24.1 Å². The molecule has 1 atom stereocenters. The molecule has 0 fully saturated rings. The summed E-state index contributed by atoms with van der Waals surface area (Å²) in [5.74, 6) is 0.635. The Balaban J connectivity index is 2.58. The average molecular weight is 265 g/mol. The van der Waals surface area contributed by atoms with Crippen molar-refractivity contribution in [1.29, 1.82) is 0 Å². The van der Waals surface area contributed by atoms with Crippen LogP contribution in [0, 0.1) is 5.92 Å². The maximum Gasteiger partial charge on any atom is 0.170 e. The van der Waals surface area contributed by atoms with Gasteiger partial charge in [-0.3, -0.25) is 0 Å². The first-order valence-corrected chi connectivity index (χ1v) is 6.37. The predicted octanol–water partition coefficient (Wildman–Crippen LogP) is 1.54. The van der Waals surface area contributed by atoms with Crippen molar-refractivity contribution in [3.63, 3.8) is 0 Å². The summed E-state index contributed by atoms with van der Waals surface area (Å²) in [5.41, 5.74) is 7.37. The van der Waals surface area contributed by atoms with Crippen molar-refractivity contribution < 1.29 is 9.94 Å². The summed E-state index contributed by atoms with van der Waals surface area (Å²) in [5, 5.41) is 15.0. The summed E-state index contributed by atoms with van der Waals surface area (Å²) in [4.78, 5) is 0. The van der Waals surface area contributed by atoms with Crippen LogP contribution < -0.4 is 11.1 Å². The molecule has 0 aliphatic rings. The second-order valence-corrected chi connectivity index (χ2v) is 4.87. The van der Waals surface area contributed by atoms with Crippen LogP contribution in [0.25, 0.3) is 0 Å². The Labute approximate surface area is 114 Å². The van der Waals surface area contributed by atoms with Gasteiger partial charge in [0.1, 0.15) is 0 Å². The predicted molar refractivity (Wildman–Crippen MR) is 76.3 cm³/mol. The zero-order valence-corrected chi connectivity index (χ0v) is 11.8. The molecule has 1 aromatic rings. The summed E-state index contributed by atoms with van der Waals surface area (Å²) < 4.78 is 5.20. The molecular weight excluding hydrogens is 242 g/mol. The van der Waals surface area contributed by atoms with Crippen LogP contribution in [0.3, 0.4) is 0 Å². The van der Waals surface area contributed by atoms with E-state index >= 15 is 0 Å². The maximum absolute atomic E-state index is 8.59. The number of methoxy groups -OCH3 is 1. The molecule has 1 unspecified atom stereocenters. The van der Waals surface area contributed by atoms with Gasteiger partial charge < -0.3 is 21.0 Å². The van der Waals surface area contributed by atoms with Gasteiger partial charge in [0.15, 0.2) is 5.84 Å². The van der Waals surface area contributed by atoms with Gasteiger partial charge in [-0.15, -0.1) is 0 Å². The Morgan fingerprint density at radius 3 is 2.47 bits per heavy atom. The molecule has 1 aromatic carbocycles. The molecule has 0 aliphatic carbocycles. The number of ether oxygens (including phenoxy) is 1. The molecule has 4 N–H and O–H groups in total. The van der Waals surface area contributed by atoms with Crippen LogP contribution >= 0.6 is 0 Å². The Morgan fingerprint density at radius 2 is 2.00 bits per heavy atom. The van der Waals surface area contributed by atoms with Crippen LogP contribution in [0.15, 0.2) is 29.4 Å². The van der Waals surface area contributed by atoms with Gasteiger partial charge in [0, 0.05) is 25.3 Å². The van der Waals surface area contributed by atoms with E-state index in [2.05, 4.69) is 24.3 Å². The fraction of sp³-hybridized carbons (Fsp3) is 0.500. The third-order valence-electron chi connectivity index (χ3n) is 3.08. The van der Waals surface area contributed by atoms with E-state index in [1.807, 2.05) is 24.3 Å². The lowest BCUT2D eigenvalue weighted by Crippen LogP contribution is -2.37. The number of oxime groups is 1. The Bertz CT molecular complexity index is 402. The number of nitrogens with one attached hydrogen (secondary N) is 1. The first-order valence-electron chi connectivity index (χ1n) is 6.37. The number of benzene rings is 1. The van der Waals surface area contributed by atoms with Gasteiger partial charge in [0.25, 0.3) is 0 Å². The lowest BCUT2D eigenvalue weighted by Gasteiger charge is -2.21. The summed E-state index contributed by atoms with van der Waals surface area (Å²) in [6.07, 6.45) is 0. The highest BCUT2D eigenvalue weighted by atomic mass is 16.5. The molecule has 0 amide bonds. The minimum absolute atomic E-state index is 0.124. The summed E-state index contributed by atoms with van der Waals surface area (Å²) >= 11 is 0. The van der Waals surface area contributed by atoms with Crippen molar-refractivity contribution in [3.8, 4) is 0 Å². The minimum atomic E-state index is 0.124. The molecule has 106 valence electrons. The summed E-state index contributed by atoms with van der Waals surface area (Å²) in [7, 11) is 1.71. The van der Waals surface area contributed by atoms with Crippen molar-refractivity contribution in [2.45, 2.75) is 26.4 Å². The molecular formula is C14H23N3O2. The standard InChI is InChI=1S/C14H23N3O2/c1-10(2)13(9-19-3)16-8-11-4-6-12(7-5-11)14(15)17-18/h4-7,10,13,16,18H,8-9H2,1-3H3,(H2,15,17). The topological polar surface area (TPSA) is 79.9 Å². The molecule has 0 aliphatic heterocycles. The average Bonchev–Trinajstić information content (AvgIpc) is 2.42. The Kier molecular flexibility index (Phi) is 6.32. The third-order valence-corrected chi connectivity index (χ3v) is 3.08. The van der Waals surface area contributed by atoms with Crippen LogP contribution in [0.2, 0.25) is 0 Å². The molecule has 5 nitrogen and oxygen atoms in total. The van der Waals surface area contributed by atoms with Crippen LogP contribution in [0.4, 0.5) is 0 Å². The molecule has 0 radical (unpaired) electrons. The second kappa shape index (κ2) is 7.76. The van der Waals surface area contributed by atoms with Gasteiger partial charge in [-0.05, 0) is 11.5 Å². The van der Waals surface area contributed by atoms with Crippen molar-refractivity contribution in [2.75, 3.05) is 13.7 Å². The van der Waals surface area contributed by atoms with Gasteiger partial charge in [-0.1, -0.05) is 43.3 Å². The fourth-order valence-corrected chi connectivity index (χ4v) is 1.77. The molecule has 0 aromatic heterocycles. The first kappa shape index (κ1) is 15.5. The lowest BCUT2D eigenvalue weighted by atomic mass is 10.0. The fourth-order valence-electron chi connectivity index (χ4n) is 1.77. The van der Waals surface area contributed by atoms with E-state index in [4.69, 9.17) is 15.7 Å². The molecule has 5 heteroatoms. The van der Waals surface area contributed by atoms with E-state index in [9.17, 15) is 0 Å². The monoisotopic (exact) mass is 265 g/mol. The zero-order chi connectivity index (χ0) is 14.3. The number of hydrogen-bond donors (Lipinski definition) is 3. The summed E-state index contributed by atoms with van der Waals surface area (Å²) in [6.45, 7) is 5.79. The molecule has 0 spiro atoms. The van der Waals surface area contributed by atoms with Gasteiger partial charge in [0.2, 0.25) is 0 Å². The van der Waals surface area contributed by atoms with Crippen molar-refractivity contribution in [2.24, 2.45) is 16.8 Å². The largest absolute Gasteiger partial charge is 0.409 e. The molecule has 1 rings (SSSR count).